The lowest BCUT2D eigenvalue weighted by molar-refractivity contribution is 1.18. The molecule has 0 saturated carbocycles. The second kappa shape index (κ2) is 6.47. The van der Waals surface area contributed by atoms with E-state index in [1.54, 1.807) is 0 Å². The molecule has 3 aromatic carbocycles. The van der Waals surface area contributed by atoms with Crippen LogP contribution in [0.4, 0.5) is 0 Å². The third-order valence-corrected chi connectivity index (χ3v) is 3.83. The average molecular weight is 307 g/mol. The minimum absolute atomic E-state index is 0.715. The molecule has 113 valence electrons. The van der Waals surface area contributed by atoms with Crippen LogP contribution >= 0.6 is 0 Å². The molecular weight excluding hydrogens is 292 g/mol. The number of hydrogen-bond donors (Lipinski definition) is 0. The summed E-state index contributed by atoms with van der Waals surface area (Å²) in [4.78, 5) is 9.54. The molecule has 24 heavy (non-hydrogen) atoms. The Morgan fingerprint density at radius 1 is 0.583 bits per heavy atom. The normalized spacial score (nSPS) is 10.5. The fourth-order valence-electron chi connectivity index (χ4n) is 2.62. The summed E-state index contributed by atoms with van der Waals surface area (Å²) in [6.45, 7) is 0. The van der Waals surface area contributed by atoms with Crippen LogP contribution in [0.15, 0.2) is 91.0 Å². The van der Waals surface area contributed by atoms with Crippen LogP contribution in [0.25, 0.3) is 33.9 Å². The van der Waals surface area contributed by atoms with Gasteiger partial charge in [0.1, 0.15) is 0 Å². The maximum Gasteiger partial charge on any atom is 0.160 e. The van der Waals surface area contributed by atoms with Crippen molar-refractivity contribution in [2.75, 3.05) is 0 Å². The van der Waals surface area contributed by atoms with Crippen molar-refractivity contribution in [1.29, 1.82) is 0 Å². The molecule has 0 spiro atoms. The molecule has 0 aliphatic rings. The van der Waals surface area contributed by atoms with Crippen LogP contribution < -0.4 is 0 Å². The van der Waals surface area contributed by atoms with Gasteiger partial charge in [-0.25, -0.2) is 9.97 Å². The maximum atomic E-state index is 4.77. The van der Waals surface area contributed by atoms with Gasteiger partial charge in [-0.2, -0.15) is 0 Å². The standard InChI is InChI=1S/C22H15N2/c1-4-10-17(11-5-1)20-16-21(18-12-6-2-7-13-18)24-22(23-20)19-14-8-3-9-15-19/h1-8,10-16H. The molecule has 2 heteroatoms. The highest BCUT2D eigenvalue weighted by Gasteiger charge is 2.09. The van der Waals surface area contributed by atoms with Crippen LogP contribution in [0.3, 0.4) is 0 Å². The molecule has 4 aromatic rings. The molecule has 0 bridgehead atoms. The fourth-order valence-corrected chi connectivity index (χ4v) is 2.62. The van der Waals surface area contributed by atoms with E-state index in [4.69, 9.17) is 9.97 Å². The minimum atomic E-state index is 0.715. The molecule has 2 nitrogen and oxygen atoms in total. The average Bonchev–Trinajstić information content (AvgIpc) is 2.70. The molecule has 4 rings (SSSR count). The Labute approximate surface area is 141 Å². The van der Waals surface area contributed by atoms with E-state index < -0.39 is 0 Å². The first kappa shape index (κ1) is 14.3. The van der Waals surface area contributed by atoms with Crippen molar-refractivity contribution in [2.24, 2.45) is 0 Å². The summed E-state index contributed by atoms with van der Waals surface area (Å²) in [6, 6.07) is 33.3. The van der Waals surface area contributed by atoms with Gasteiger partial charge in [-0.1, -0.05) is 78.9 Å². The highest BCUT2D eigenvalue weighted by atomic mass is 14.9. The monoisotopic (exact) mass is 307 g/mol. The quantitative estimate of drug-likeness (QED) is 0.515. The molecule has 0 atom stereocenters. The highest BCUT2D eigenvalue weighted by Crippen LogP contribution is 2.26. The van der Waals surface area contributed by atoms with Crippen LogP contribution in [0.2, 0.25) is 0 Å². The zero-order chi connectivity index (χ0) is 16.2. The van der Waals surface area contributed by atoms with Crippen LogP contribution in [0.1, 0.15) is 0 Å². The summed E-state index contributed by atoms with van der Waals surface area (Å²) in [6.07, 6.45) is 0. The third kappa shape index (κ3) is 2.95. The van der Waals surface area contributed by atoms with E-state index in [1.165, 1.54) is 0 Å². The summed E-state index contributed by atoms with van der Waals surface area (Å²) in [5, 5.41) is 0. The van der Waals surface area contributed by atoms with Gasteiger partial charge in [0.15, 0.2) is 5.82 Å². The van der Waals surface area contributed by atoms with Crippen molar-refractivity contribution in [2.45, 2.75) is 0 Å². The van der Waals surface area contributed by atoms with Gasteiger partial charge < -0.3 is 0 Å². The number of aromatic nitrogens is 2. The van der Waals surface area contributed by atoms with E-state index in [-0.39, 0.29) is 0 Å². The van der Waals surface area contributed by atoms with Gasteiger partial charge in [0.05, 0.1) is 11.4 Å². The van der Waals surface area contributed by atoms with Crippen molar-refractivity contribution >= 4 is 0 Å². The molecule has 0 aliphatic heterocycles. The predicted octanol–water partition coefficient (Wildman–Crippen LogP) is 5.28. The Bertz CT molecular complexity index is 794. The van der Waals surface area contributed by atoms with Crippen molar-refractivity contribution in [3.8, 4) is 33.9 Å². The number of hydrogen-bond acceptors (Lipinski definition) is 2. The lowest BCUT2D eigenvalue weighted by Crippen LogP contribution is -1.95. The second-order valence-electron chi connectivity index (χ2n) is 5.49. The molecule has 1 heterocycles. The summed E-state index contributed by atoms with van der Waals surface area (Å²) < 4.78 is 0. The van der Waals surface area contributed by atoms with Gasteiger partial charge >= 0.3 is 0 Å². The van der Waals surface area contributed by atoms with Gasteiger partial charge in [-0.15, -0.1) is 0 Å². The smallest absolute Gasteiger partial charge is 0.160 e. The molecular formula is C22H15N2. The highest BCUT2D eigenvalue weighted by molar-refractivity contribution is 5.71. The zero-order valence-electron chi connectivity index (χ0n) is 13.1. The molecule has 1 aromatic heterocycles. The molecule has 0 N–H and O–H groups in total. The molecule has 0 aliphatic carbocycles. The van der Waals surface area contributed by atoms with Crippen molar-refractivity contribution < 1.29 is 0 Å². The lowest BCUT2D eigenvalue weighted by atomic mass is 10.1. The van der Waals surface area contributed by atoms with Gasteiger partial charge in [0.25, 0.3) is 0 Å². The van der Waals surface area contributed by atoms with Gasteiger partial charge in [-0.05, 0) is 18.2 Å². The van der Waals surface area contributed by atoms with E-state index in [9.17, 15) is 0 Å². The van der Waals surface area contributed by atoms with Crippen molar-refractivity contribution in [3.63, 3.8) is 0 Å². The van der Waals surface area contributed by atoms with E-state index >= 15 is 0 Å². The largest absolute Gasteiger partial charge is 0.228 e. The van der Waals surface area contributed by atoms with E-state index in [0.29, 0.717) is 5.82 Å². The van der Waals surface area contributed by atoms with Crippen molar-refractivity contribution in [1.82, 2.24) is 9.97 Å². The van der Waals surface area contributed by atoms with Crippen LogP contribution in [-0.4, -0.2) is 9.97 Å². The SMILES string of the molecule is [c]1cccc(-c2nc(-c3ccccc3)cc(-c3ccccc3)n2)c1. The first-order valence-electron chi connectivity index (χ1n) is 7.86. The lowest BCUT2D eigenvalue weighted by Gasteiger charge is -2.09. The molecule has 0 unspecified atom stereocenters. The molecule has 0 saturated heterocycles. The Hall–Kier alpha value is -3.26. The van der Waals surface area contributed by atoms with Gasteiger partial charge in [0.2, 0.25) is 0 Å². The zero-order valence-corrected chi connectivity index (χ0v) is 13.1. The van der Waals surface area contributed by atoms with E-state index in [2.05, 4.69) is 30.3 Å². The maximum absolute atomic E-state index is 4.77. The Kier molecular flexibility index (Phi) is 3.86. The van der Waals surface area contributed by atoms with Crippen LogP contribution in [-0.2, 0) is 0 Å². The Morgan fingerprint density at radius 2 is 1.12 bits per heavy atom. The first-order valence-corrected chi connectivity index (χ1v) is 7.86. The predicted molar refractivity (Wildman–Crippen MR) is 97.2 cm³/mol. The number of benzene rings is 3. The van der Waals surface area contributed by atoms with E-state index in [0.717, 1.165) is 28.1 Å². The Morgan fingerprint density at radius 3 is 1.62 bits per heavy atom. The molecule has 0 fully saturated rings. The topological polar surface area (TPSA) is 25.8 Å². The number of rotatable bonds is 3. The fraction of sp³-hybridized carbons (Fsp3) is 0. The molecule has 1 radical (unpaired) electrons. The van der Waals surface area contributed by atoms with Crippen molar-refractivity contribution in [3.05, 3.63) is 97.1 Å². The Balaban J connectivity index is 1.92. The minimum Gasteiger partial charge on any atom is -0.228 e. The summed E-state index contributed by atoms with van der Waals surface area (Å²) in [5.74, 6) is 0.715. The first-order chi connectivity index (χ1) is 11.9. The van der Waals surface area contributed by atoms with Gasteiger partial charge in [-0.3, -0.25) is 0 Å². The molecule has 0 amide bonds. The van der Waals surface area contributed by atoms with E-state index in [1.807, 2.05) is 66.7 Å². The van der Waals surface area contributed by atoms with Crippen LogP contribution in [0, 0.1) is 6.07 Å². The third-order valence-electron chi connectivity index (χ3n) is 3.83. The summed E-state index contributed by atoms with van der Waals surface area (Å²) in [5.41, 5.74) is 4.97. The van der Waals surface area contributed by atoms with Gasteiger partial charge in [0, 0.05) is 16.7 Å². The van der Waals surface area contributed by atoms with Crippen LogP contribution in [0.5, 0.6) is 0 Å². The summed E-state index contributed by atoms with van der Waals surface area (Å²) in [7, 11) is 0. The number of nitrogens with zero attached hydrogens (tertiary/aromatic N) is 2. The second-order valence-corrected chi connectivity index (χ2v) is 5.49. The summed E-state index contributed by atoms with van der Waals surface area (Å²) >= 11 is 0.